The second kappa shape index (κ2) is 6.89. The molecule has 0 bridgehead atoms. The average Bonchev–Trinajstić information content (AvgIpc) is 3.10. The topological polar surface area (TPSA) is 51.9 Å². The largest absolute Gasteiger partial charge is 0.459 e. The maximum absolute atomic E-state index is 12.7. The van der Waals surface area contributed by atoms with Crippen LogP contribution in [0.25, 0.3) is 0 Å². The monoisotopic (exact) mass is 333 g/mol. The number of likely N-dealkylation sites (tertiary alicyclic amines) is 1. The van der Waals surface area contributed by atoms with Crippen molar-refractivity contribution in [1.82, 2.24) is 4.90 Å². The van der Waals surface area contributed by atoms with Crippen molar-refractivity contribution in [2.45, 2.75) is 44.6 Å². The van der Waals surface area contributed by atoms with E-state index in [0.29, 0.717) is 18.9 Å². The molecule has 3 aliphatic rings. The number of nitrogens with zero attached hydrogens (tertiary/aromatic N) is 1. The van der Waals surface area contributed by atoms with E-state index in [1.54, 1.807) is 18.4 Å². The third-order valence-electron chi connectivity index (χ3n) is 5.98. The number of carbonyl (C=O) groups is 1. The quantitative estimate of drug-likeness (QED) is 0.831. The van der Waals surface area contributed by atoms with Crippen molar-refractivity contribution < 1.29 is 18.7 Å². The molecule has 1 saturated carbocycles. The van der Waals surface area contributed by atoms with E-state index in [4.69, 9.17) is 13.9 Å². The summed E-state index contributed by atoms with van der Waals surface area (Å²) in [7, 11) is 0. The number of rotatable bonds is 5. The first kappa shape index (κ1) is 16.2. The van der Waals surface area contributed by atoms with Crippen LogP contribution in [-0.2, 0) is 9.47 Å². The van der Waals surface area contributed by atoms with Gasteiger partial charge in [-0.15, -0.1) is 0 Å². The highest BCUT2D eigenvalue weighted by atomic mass is 16.5. The molecule has 0 aromatic carbocycles. The van der Waals surface area contributed by atoms with Gasteiger partial charge >= 0.3 is 0 Å². The second-order valence-corrected chi connectivity index (χ2v) is 7.63. The summed E-state index contributed by atoms with van der Waals surface area (Å²) in [5, 5.41) is 0. The van der Waals surface area contributed by atoms with E-state index in [1.165, 1.54) is 19.3 Å². The summed E-state index contributed by atoms with van der Waals surface area (Å²) in [5.74, 6) is 1.16. The van der Waals surface area contributed by atoms with E-state index < -0.39 is 0 Å². The van der Waals surface area contributed by atoms with Crippen LogP contribution in [0.2, 0.25) is 0 Å². The molecular weight excluding hydrogens is 306 g/mol. The Morgan fingerprint density at radius 1 is 1.33 bits per heavy atom. The summed E-state index contributed by atoms with van der Waals surface area (Å²) in [6.45, 7) is 3.84. The van der Waals surface area contributed by atoms with E-state index in [1.807, 2.05) is 4.90 Å². The number of hydrogen-bond donors (Lipinski definition) is 0. The van der Waals surface area contributed by atoms with Gasteiger partial charge in [0.05, 0.1) is 19.0 Å². The molecule has 3 fully saturated rings. The van der Waals surface area contributed by atoms with Gasteiger partial charge in [0.15, 0.2) is 5.76 Å². The molecule has 1 aromatic rings. The molecule has 132 valence electrons. The van der Waals surface area contributed by atoms with E-state index in [2.05, 4.69) is 0 Å². The van der Waals surface area contributed by atoms with Crippen LogP contribution in [-0.4, -0.2) is 49.8 Å². The molecule has 2 aliphatic heterocycles. The van der Waals surface area contributed by atoms with Crippen molar-refractivity contribution in [2.24, 2.45) is 11.3 Å². The molecule has 0 unspecified atom stereocenters. The summed E-state index contributed by atoms with van der Waals surface area (Å²) < 4.78 is 17.5. The Morgan fingerprint density at radius 3 is 3.00 bits per heavy atom. The lowest BCUT2D eigenvalue weighted by Crippen LogP contribution is -2.58. The molecule has 2 atom stereocenters. The maximum atomic E-state index is 12.7. The summed E-state index contributed by atoms with van der Waals surface area (Å²) in [4.78, 5) is 14.6. The lowest BCUT2D eigenvalue weighted by atomic mass is 9.73. The minimum Gasteiger partial charge on any atom is -0.459 e. The maximum Gasteiger partial charge on any atom is 0.289 e. The Labute approximate surface area is 143 Å². The van der Waals surface area contributed by atoms with Crippen LogP contribution < -0.4 is 0 Å². The van der Waals surface area contributed by atoms with Crippen molar-refractivity contribution in [2.75, 3.05) is 32.9 Å². The molecular formula is C19H27NO4. The molecule has 4 rings (SSSR count). The number of ether oxygens (including phenoxy) is 2. The van der Waals surface area contributed by atoms with Crippen LogP contribution >= 0.6 is 0 Å². The summed E-state index contributed by atoms with van der Waals surface area (Å²) >= 11 is 0. The molecule has 0 radical (unpaired) electrons. The lowest BCUT2D eigenvalue weighted by Gasteiger charge is -2.50. The third-order valence-corrected chi connectivity index (χ3v) is 5.98. The first-order valence-corrected chi connectivity index (χ1v) is 9.29. The molecule has 24 heavy (non-hydrogen) atoms. The SMILES string of the molecule is O=C(c1ccco1)N1CC[C@@H]2OCCC[C@@]2(COCC2CCC2)C1. The Morgan fingerprint density at radius 2 is 2.25 bits per heavy atom. The smallest absolute Gasteiger partial charge is 0.289 e. The van der Waals surface area contributed by atoms with Gasteiger partial charge in [0.25, 0.3) is 5.91 Å². The molecule has 5 heteroatoms. The van der Waals surface area contributed by atoms with Crippen LogP contribution in [0.5, 0.6) is 0 Å². The van der Waals surface area contributed by atoms with Gasteiger partial charge in [-0.05, 0) is 50.2 Å². The minimum absolute atomic E-state index is 0.0117. The molecule has 0 N–H and O–H groups in total. The zero-order chi connectivity index (χ0) is 16.4. The van der Waals surface area contributed by atoms with Gasteiger partial charge < -0.3 is 18.8 Å². The van der Waals surface area contributed by atoms with E-state index >= 15 is 0 Å². The number of furan rings is 1. The fourth-order valence-corrected chi connectivity index (χ4v) is 4.32. The fourth-order valence-electron chi connectivity index (χ4n) is 4.32. The molecule has 3 heterocycles. The van der Waals surface area contributed by atoms with Crippen molar-refractivity contribution in [3.8, 4) is 0 Å². The highest BCUT2D eigenvalue weighted by Crippen LogP contribution is 2.41. The van der Waals surface area contributed by atoms with E-state index in [-0.39, 0.29) is 17.4 Å². The van der Waals surface area contributed by atoms with E-state index in [0.717, 1.165) is 44.9 Å². The first-order valence-electron chi connectivity index (χ1n) is 9.29. The highest BCUT2D eigenvalue weighted by molar-refractivity contribution is 5.91. The number of amides is 1. The van der Waals surface area contributed by atoms with Crippen LogP contribution in [0.3, 0.4) is 0 Å². The van der Waals surface area contributed by atoms with Crippen molar-refractivity contribution >= 4 is 5.91 Å². The first-order chi connectivity index (χ1) is 11.8. The van der Waals surface area contributed by atoms with Gasteiger partial charge in [-0.1, -0.05) is 6.42 Å². The van der Waals surface area contributed by atoms with Gasteiger partial charge in [-0.25, -0.2) is 0 Å². The van der Waals surface area contributed by atoms with Crippen LogP contribution in [0, 0.1) is 11.3 Å². The fraction of sp³-hybridized carbons (Fsp3) is 0.737. The summed E-state index contributed by atoms with van der Waals surface area (Å²) in [6, 6.07) is 3.51. The van der Waals surface area contributed by atoms with Crippen molar-refractivity contribution in [3.05, 3.63) is 24.2 Å². The number of hydrogen-bond acceptors (Lipinski definition) is 4. The average molecular weight is 333 g/mol. The zero-order valence-corrected chi connectivity index (χ0v) is 14.2. The number of fused-ring (bicyclic) bond motifs is 1. The van der Waals surface area contributed by atoms with Crippen molar-refractivity contribution in [1.29, 1.82) is 0 Å². The normalized spacial score (nSPS) is 30.7. The van der Waals surface area contributed by atoms with Gasteiger partial charge in [-0.3, -0.25) is 4.79 Å². The molecule has 1 amide bonds. The van der Waals surface area contributed by atoms with Gasteiger partial charge in [0, 0.05) is 31.7 Å². The standard InChI is InChI=1S/C19H27NO4/c21-18(16-6-2-10-23-16)20-9-7-17-19(13-20,8-3-11-24-17)14-22-12-15-4-1-5-15/h2,6,10,15,17H,1,3-5,7-9,11-14H2/t17-,19-/m0/s1. The van der Waals surface area contributed by atoms with Crippen LogP contribution in [0.15, 0.2) is 22.8 Å². The molecule has 0 spiro atoms. The molecule has 1 aromatic heterocycles. The Balaban J connectivity index is 1.43. The lowest BCUT2D eigenvalue weighted by molar-refractivity contribution is -0.150. The van der Waals surface area contributed by atoms with E-state index in [9.17, 15) is 4.79 Å². The molecule has 2 saturated heterocycles. The Hall–Kier alpha value is -1.33. The van der Waals surface area contributed by atoms with Gasteiger partial charge in [0.2, 0.25) is 0 Å². The predicted octanol–water partition coefficient (Wildman–Crippen LogP) is 3.11. The third kappa shape index (κ3) is 3.11. The minimum atomic E-state index is -0.0531. The second-order valence-electron chi connectivity index (χ2n) is 7.63. The Kier molecular flexibility index (Phi) is 4.63. The van der Waals surface area contributed by atoms with Gasteiger partial charge in [-0.2, -0.15) is 0 Å². The predicted molar refractivity (Wildman–Crippen MR) is 88.8 cm³/mol. The summed E-state index contributed by atoms with van der Waals surface area (Å²) in [6.07, 6.45) is 8.73. The summed E-state index contributed by atoms with van der Waals surface area (Å²) in [5.41, 5.74) is -0.0531. The zero-order valence-electron chi connectivity index (χ0n) is 14.2. The van der Waals surface area contributed by atoms with Gasteiger partial charge in [0.1, 0.15) is 0 Å². The van der Waals surface area contributed by atoms with Crippen molar-refractivity contribution in [3.63, 3.8) is 0 Å². The highest BCUT2D eigenvalue weighted by Gasteiger charge is 2.47. The molecule has 1 aliphatic carbocycles. The number of piperidine rings is 1. The molecule has 5 nitrogen and oxygen atoms in total. The number of carbonyl (C=O) groups excluding carboxylic acids is 1. The Bertz CT molecular complexity index is 554. The van der Waals surface area contributed by atoms with Crippen LogP contribution in [0.1, 0.15) is 49.1 Å². The van der Waals surface area contributed by atoms with Crippen LogP contribution in [0.4, 0.5) is 0 Å².